The average molecular weight is 252 g/mol. The number of pyridine rings is 1. The van der Waals surface area contributed by atoms with E-state index < -0.39 is 0 Å². The maximum absolute atomic E-state index is 8.59. The van der Waals surface area contributed by atoms with Crippen molar-refractivity contribution in [1.82, 2.24) is 10.3 Å². The number of nitrogens with zero attached hydrogens (tertiary/aromatic N) is 2. The highest BCUT2D eigenvalue weighted by Crippen LogP contribution is 2.03. The summed E-state index contributed by atoms with van der Waals surface area (Å²) in [6, 6.07) is 4.06. The van der Waals surface area contributed by atoms with E-state index in [4.69, 9.17) is 15.7 Å². The summed E-state index contributed by atoms with van der Waals surface area (Å²) >= 11 is 0. The molecule has 0 bridgehead atoms. The lowest BCUT2D eigenvalue weighted by Gasteiger charge is -2.13. The number of hydrogen-bond acceptors (Lipinski definition) is 5. The van der Waals surface area contributed by atoms with E-state index in [-0.39, 0.29) is 5.84 Å². The van der Waals surface area contributed by atoms with Crippen molar-refractivity contribution in [2.75, 3.05) is 13.7 Å². The van der Waals surface area contributed by atoms with Crippen LogP contribution in [0.15, 0.2) is 23.5 Å². The van der Waals surface area contributed by atoms with E-state index in [0.717, 1.165) is 18.6 Å². The van der Waals surface area contributed by atoms with Crippen LogP contribution >= 0.6 is 0 Å². The van der Waals surface area contributed by atoms with Gasteiger partial charge in [0.05, 0.1) is 0 Å². The molecule has 1 aromatic heterocycles. The molecule has 0 aliphatic carbocycles. The quantitative estimate of drug-likeness (QED) is 0.287. The molecule has 0 amide bonds. The second kappa shape index (κ2) is 7.62. The molecule has 100 valence electrons. The van der Waals surface area contributed by atoms with Crippen LogP contribution in [-0.4, -0.2) is 35.8 Å². The predicted molar refractivity (Wildman–Crippen MR) is 69.5 cm³/mol. The molecule has 1 aromatic rings. The van der Waals surface area contributed by atoms with Crippen LogP contribution in [0.3, 0.4) is 0 Å². The molecular formula is C12H20N4O2. The lowest BCUT2D eigenvalue weighted by Crippen LogP contribution is -2.27. The van der Waals surface area contributed by atoms with Crippen LogP contribution in [-0.2, 0) is 11.3 Å². The third-order valence-corrected chi connectivity index (χ3v) is 2.60. The first kappa shape index (κ1) is 14.4. The van der Waals surface area contributed by atoms with Gasteiger partial charge in [0.1, 0.15) is 5.69 Å². The molecule has 0 aliphatic rings. The number of oxime groups is 1. The predicted octanol–water partition coefficient (Wildman–Crippen LogP) is 0.691. The summed E-state index contributed by atoms with van der Waals surface area (Å²) in [7, 11) is 1.69. The number of hydrogen-bond donors (Lipinski definition) is 3. The van der Waals surface area contributed by atoms with Gasteiger partial charge in [-0.1, -0.05) is 5.16 Å². The van der Waals surface area contributed by atoms with Crippen molar-refractivity contribution < 1.29 is 9.94 Å². The van der Waals surface area contributed by atoms with Gasteiger partial charge in [0, 0.05) is 32.5 Å². The lowest BCUT2D eigenvalue weighted by atomic mass is 10.2. The standard InChI is InChI=1S/C12H20N4O2/c1-9(4-6-18-2)15-8-10-3-5-14-11(7-10)12(13)16-17/h3,5,7,9,15,17H,4,6,8H2,1-2H3,(H2,13,16). The summed E-state index contributed by atoms with van der Waals surface area (Å²) in [5.41, 5.74) is 7.00. The fraction of sp³-hybridized carbons (Fsp3) is 0.500. The van der Waals surface area contributed by atoms with E-state index in [0.29, 0.717) is 18.3 Å². The largest absolute Gasteiger partial charge is 0.409 e. The molecule has 0 saturated heterocycles. The van der Waals surface area contributed by atoms with E-state index in [2.05, 4.69) is 22.4 Å². The second-order valence-electron chi connectivity index (χ2n) is 4.10. The Morgan fingerprint density at radius 3 is 3.11 bits per heavy atom. The molecule has 1 atom stereocenters. The van der Waals surface area contributed by atoms with Gasteiger partial charge in [-0.05, 0) is 31.0 Å². The van der Waals surface area contributed by atoms with E-state index in [1.54, 1.807) is 19.4 Å². The Labute approximate surface area is 107 Å². The van der Waals surface area contributed by atoms with Crippen LogP contribution in [0.4, 0.5) is 0 Å². The molecule has 6 heteroatoms. The first-order chi connectivity index (χ1) is 8.67. The van der Waals surface area contributed by atoms with Gasteiger partial charge in [0.15, 0.2) is 5.84 Å². The zero-order chi connectivity index (χ0) is 13.4. The van der Waals surface area contributed by atoms with Gasteiger partial charge >= 0.3 is 0 Å². The summed E-state index contributed by atoms with van der Waals surface area (Å²) in [6.07, 6.45) is 2.60. The summed E-state index contributed by atoms with van der Waals surface area (Å²) < 4.78 is 5.02. The van der Waals surface area contributed by atoms with Gasteiger partial charge in [-0.2, -0.15) is 0 Å². The van der Waals surface area contributed by atoms with E-state index in [9.17, 15) is 0 Å². The molecule has 0 fully saturated rings. The van der Waals surface area contributed by atoms with Crippen LogP contribution in [0.2, 0.25) is 0 Å². The van der Waals surface area contributed by atoms with Crippen molar-refractivity contribution in [3.8, 4) is 0 Å². The summed E-state index contributed by atoms with van der Waals surface area (Å²) in [6.45, 7) is 3.55. The van der Waals surface area contributed by atoms with Gasteiger partial charge in [-0.25, -0.2) is 0 Å². The molecule has 1 rings (SSSR count). The van der Waals surface area contributed by atoms with E-state index >= 15 is 0 Å². The Morgan fingerprint density at radius 2 is 2.44 bits per heavy atom. The van der Waals surface area contributed by atoms with Crippen LogP contribution in [0.1, 0.15) is 24.6 Å². The van der Waals surface area contributed by atoms with Gasteiger partial charge in [0.25, 0.3) is 0 Å². The van der Waals surface area contributed by atoms with Gasteiger partial charge in [-0.3, -0.25) is 4.98 Å². The van der Waals surface area contributed by atoms with Crippen molar-refractivity contribution >= 4 is 5.84 Å². The fourth-order valence-electron chi connectivity index (χ4n) is 1.46. The van der Waals surface area contributed by atoms with Crippen LogP contribution in [0.5, 0.6) is 0 Å². The van der Waals surface area contributed by atoms with Crippen LogP contribution in [0, 0.1) is 0 Å². The number of nitrogens with two attached hydrogens (primary N) is 1. The minimum Gasteiger partial charge on any atom is -0.409 e. The summed E-state index contributed by atoms with van der Waals surface area (Å²) in [5.74, 6) is 0.0179. The Balaban J connectivity index is 2.52. The van der Waals surface area contributed by atoms with Crippen molar-refractivity contribution in [3.63, 3.8) is 0 Å². The Hall–Kier alpha value is -1.66. The van der Waals surface area contributed by atoms with Crippen LogP contribution < -0.4 is 11.1 Å². The highest BCUT2D eigenvalue weighted by atomic mass is 16.5. The zero-order valence-electron chi connectivity index (χ0n) is 10.8. The molecule has 0 aliphatic heterocycles. The Morgan fingerprint density at radius 1 is 1.67 bits per heavy atom. The molecule has 0 radical (unpaired) electrons. The fourth-order valence-corrected chi connectivity index (χ4v) is 1.46. The van der Waals surface area contributed by atoms with Gasteiger partial charge < -0.3 is 21.0 Å². The SMILES string of the molecule is COCCC(C)NCc1ccnc(C(N)=NO)c1. The van der Waals surface area contributed by atoms with E-state index in [1.807, 2.05) is 6.07 Å². The van der Waals surface area contributed by atoms with Crippen molar-refractivity contribution in [3.05, 3.63) is 29.6 Å². The summed E-state index contributed by atoms with van der Waals surface area (Å²) in [5, 5.41) is 14.9. The second-order valence-corrected chi connectivity index (χ2v) is 4.10. The Kier molecular flexibility index (Phi) is 6.10. The molecular weight excluding hydrogens is 232 g/mol. The number of rotatable bonds is 7. The topological polar surface area (TPSA) is 92.8 Å². The van der Waals surface area contributed by atoms with Gasteiger partial charge in [-0.15, -0.1) is 0 Å². The minimum absolute atomic E-state index is 0.0179. The number of aromatic nitrogens is 1. The third-order valence-electron chi connectivity index (χ3n) is 2.60. The highest BCUT2D eigenvalue weighted by molar-refractivity contribution is 5.95. The first-order valence-electron chi connectivity index (χ1n) is 5.82. The van der Waals surface area contributed by atoms with Gasteiger partial charge in [0.2, 0.25) is 0 Å². The smallest absolute Gasteiger partial charge is 0.188 e. The van der Waals surface area contributed by atoms with Crippen molar-refractivity contribution in [2.24, 2.45) is 10.9 Å². The molecule has 1 heterocycles. The molecule has 1 unspecified atom stereocenters. The zero-order valence-corrected chi connectivity index (χ0v) is 10.8. The molecule has 0 saturated carbocycles. The number of nitrogens with one attached hydrogen (secondary N) is 1. The van der Waals surface area contributed by atoms with Crippen LogP contribution in [0.25, 0.3) is 0 Å². The molecule has 6 nitrogen and oxygen atoms in total. The number of ether oxygens (including phenoxy) is 1. The van der Waals surface area contributed by atoms with Crippen molar-refractivity contribution in [1.29, 1.82) is 0 Å². The van der Waals surface area contributed by atoms with E-state index in [1.165, 1.54) is 0 Å². The first-order valence-corrected chi connectivity index (χ1v) is 5.82. The maximum Gasteiger partial charge on any atom is 0.188 e. The normalized spacial score (nSPS) is 13.6. The molecule has 0 spiro atoms. The minimum atomic E-state index is 0.0179. The molecule has 4 N–H and O–H groups in total. The average Bonchev–Trinajstić information content (AvgIpc) is 2.42. The number of amidine groups is 1. The Bertz CT molecular complexity index is 395. The highest BCUT2D eigenvalue weighted by Gasteiger charge is 2.04. The lowest BCUT2D eigenvalue weighted by molar-refractivity contribution is 0.184. The van der Waals surface area contributed by atoms with Crippen molar-refractivity contribution in [2.45, 2.75) is 25.9 Å². The monoisotopic (exact) mass is 252 g/mol. The maximum atomic E-state index is 8.59. The molecule has 0 aromatic carbocycles. The number of methoxy groups -OCH3 is 1. The third kappa shape index (κ3) is 4.68. The molecule has 18 heavy (non-hydrogen) atoms. The summed E-state index contributed by atoms with van der Waals surface area (Å²) in [4.78, 5) is 4.02.